The topological polar surface area (TPSA) is 9.23 Å². The second-order valence-electron chi connectivity index (χ2n) is 3.95. The highest BCUT2D eigenvalue weighted by Crippen LogP contribution is 2.18. The highest BCUT2D eigenvalue weighted by molar-refractivity contribution is 6.86. The van der Waals surface area contributed by atoms with Gasteiger partial charge in [-0.3, -0.25) is 0 Å². The van der Waals surface area contributed by atoms with Crippen LogP contribution in [0.3, 0.4) is 0 Å². The average molecular weight is 222 g/mol. The van der Waals surface area contributed by atoms with Crippen molar-refractivity contribution in [2.45, 2.75) is 39.8 Å². The van der Waals surface area contributed by atoms with Crippen molar-refractivity contribution in [2.24, 2.45) is 0 Å². The molecule has 0 saturated heterocycles. The molecule has 15 heavy (non-hydrogen) atoms. The predicted octanol–water partition coefficient (Wildman–Crippen LogP) is 3.22. The highest BCUT2D eigenvalue weighted by atomic mass is 28.4. The van der Waals surface area contributed by atoms with Crippen molar-refractivity contribution in [1.29, 1.82) is 0 Å². The molecule has 0 aliphatic rings. The summed E-state index contributed by atoms with van der Waals surface area (Å²) in [7, 11) is -1.66. The largest absolute Gasteiger partial charge is 0.413 e. The molecule has 1 rings (SSSR count). The lowest BCUT2D eigenvalue weighted by atomic mass is 10.2. The Labute approximate surface area is 94.6 Å². The minimum Gasteiger partial charge on any atom is -0.413 e. The van der Waals surface area contributed by atoms with Crippen LogP contribution in [0.4, 0.5) is 0 Å². The van der Waals surface area contributed by atoms with Gasteiger partial charge in [0.05, 0.1) is 0 Å². The number of hydrogen-bond acceptors (Lipinski definition) is 1. The summed E-state index contributed by atoms with van der Waals surface area (Å²) in [6.45, 7) is 9.66. The molecule has 84 valence electrons. The molecule has 0 N–H and O–H groups in total. The third kappa shape index (κ3) is 2.50. The molecule has 0 amide bonds. The molecular weight excluding hydrogens is 200 g/mol. The molecule has 0 radical (unpaired) electrons. The van der Waals surface area contributed by atoms with Crippen molar-refractivity contribution < 1.29 is 4.43 Å². The first-order valence-corrected chi connectivity index (χ1v) is 8.22. The summed E-state index contributed by atoms with van der Waals surface area (Å²) in [4.78, 5) is 0. The summed E-state index contributed by atoms with van der Waals surface area (Å²) in [5, 5.41) is 1.48. The van der Waals surface area contributed by atoms with Crippen LogP contribution in [-0.4, -0.2) is 14.9 Å². The zero-order valence-electron chi connectivity index (χ0n) is 10.3. The average Bonchev–Trinajstić information content (AvgIpc) is 2.27. The van der Waals surface area contributed by atoms with E-state index in [0.717, 1.165) is 6.61 Å². The minimum atomic E-state index is -1.66. The van der Waals surface area contributed by atoms with Gasteiger partial charge in [0.25, 0.3) is 0 Å². The highest BCUT2D eigenvalue weighted by Gasteiger charge is 2.33. The zero-order valence-corrected chi connectivity index (χ0v) is 11.3. The molecule has 2 heteroatoms. The second-order valence-corrected chi connectivity index (χ2v) is 8.18. The number of rotatable bonds is 5. The van der Waals surface area contributed by atoms with E-state index >= 15 is 0 Å². The van der Waals surface area contributed by atoms with Crippen molar-refractivity contribution in [3.8, 4) is 0 Å². The molecule has 0 unspecified atom stereocenters. The summed E-state index contributed by atoms with van der Waals surface area (Å²) in [6.07, 6.45) is 0. The molecule has 0 aromatic heterocycles. The van der Waals surface area contributed by atoms with Crippen LogP contribution in [0.15, 0.2) is 24.3 Å². The molecule has 1 aromatic rings. The van der Waals surface area contributed by atoms with Crippen molar-refractivity contribution in [3.63, 3.8) is 0 Å². The van der Waals surface area contributed by atoms with E-state index in [9.17, 15) is 0 Å². The van der Waals surface area contributed by atoms with E-state index in [0.29, 0.717) is 0 Å². The molecule has 0 atom stereocenters. The van der Waals surface area contributed by atoms with Gasteiger partial charge in [-0.15, -0.1) is 0 Å². The SMILES string of the molecule is CCO[Si](CC)(CC)c1ccccc1C. The molecule has 0 spiro atoms. The van der Waals surface area contributed by atoms with Crippen LogP contribution in [-0.2, 0) is 4.43 Å². The van der Waals surface area contributed by atoms with Gasteiger partial charge < -0.3 is 4.43 Å². The zero-order chi connectivity index (χ0) is 11.3. The fourth-order valence-corrected chi connectivity index (χ4v) is 5.85. The lowest BCUT2D eigenvalue weighted by Gasteiger charge is -2.30. The maximum atomic E-state index is 6.13. The smallest absolute Gasteiger partial charge is 0.223 e. The van der Waals surface area contributed by atoms with Gasteiger partial charge in [-0.25, -0.2) is 0 Å². The third-order valence-corrected chi connectivity index (χ3v) is 7.87. The summed E-state index contributed by atoms with van der Waals surface area (Å²) >= 11 is 0. The summed E-state index contributed by atoms with van der Waals surface area (Å²) in [5.74, 6) is 0. The summed E-state index contributed by atoms with van der Waals surface area (Å²) in [5.41, 5.74) is 1.39. The van der Waals surface area contributed by atoms with Crippen LogP contribution in [0.2, 0.25) is 12.1 Å². The molecule has 1 nitrogen and oxygen atoms in total. The standard InChI is InChI=1S/C13H22OSi/c1-5-14-15(6-2,7-3)13-11-9-8-10-12(13)4/h8-11H,5-7H2,1-4H3. The Balaban J connectivity index is 3.13. The molecule has 0 heterocycles. The first kappa shape index (κ1) is 12.5. The fraction of sp³-hybridized carbons (Fsp3) is 0.538. The summed E-state index contributed by atoms with van der Waals surface area (Å²) in [6, 6.07) is 11.0. The van der Waals surface area contributed by atoms with E-state index in [-0.39, 0.29) is 0 Å². The minimum absolute atomic E-state index is 0.836. The van der Waals surface area contributed by atoms with Crippen LogP contribution < -0.4 is 5.19 Å². The van der Waals surface area contributed by atoms with E-state index in [1.165, 1.54) is 22.8 Å². The van der Waals surface area contributed by atoms with Crippen molar-refractivity contribution in [2.75, 3.05) is 6.61 Å². The molecular formula is C13H22OSi. The Morgan fingerprint density at radius 1 is 1.07 bits per heavy atom. The Bertz CT molecular complexity index is 305. The van der Waals surface area contributed by atoms with Gasteiger partial charge in [-0.2, -0.15) is 0 Å². The number of aryl methyl sites for hydroxylation is 1. The molecule has 0 saturated carbocycles. The van der Waals surface area contributed by atoms with Gasteiger partial charge in [0, 0.05) is 6.61 Å². The number of hydrogen-bond donors (Lipinski definition) is 0. The Kier molecular flexibility index (Phi) is 4.55. The van der Waals surface area contributed by atoms with E-state index in [1.54, 1.807) is 0 Å². The monoisotopic (exact) mass is 222 g/mol. The van der Waals surface area contributed by atoms with E-state index in [4.69, 9.17) is 4.43 Å². The van der Waals surface area contributed by atoms with Crippen molar-refractivity contribution >= 4 is 13.5 Å². The number of benzene rings is 1. The van der Waals surface area contributed by atoms with Gasteiger partial charge in [0.2, 0.25) is 8.32 Å². The van der Waals surface area contributed by atoms with Crippen LogP contribution in [0.5, 0.6) is 0 Å². The van der Waals surface area contributed by atoms with Gasteiger partial charge in [-0.05, 0) is 36.7 Å². The molecule has 0 bridgehead atoms. The molecule has 0 aliphatic heterocycles. The summed E-state index contributed by atoms with van der Waals surface area (Å²) < 4.78 is 6.13. The van der Waals surface area contributed by atoms with E-state index in [1.807, 2.05) is 0 Å². The Morgan fingerprint density at radius 2 is 1.67 bits per heavy atom. The third-order valence-electron chi connectivity index (χ3n) is 3.20. The first-order valence-electron chi connectivity index (χ1n) is 5.90. The predicted molar refractivity (Wildman–Crippen MR) is 69.2 cm³/mol. The van der Waals surface area contributed by atoms with Crippen molar-refractivity contribution in [1.82, 2.24) is 0 Å². The molecule has 0 fully saturated rings. The normalized spacial score (nSPS) is 11.7. The Hall–Kier alpha value is -0.603. The lowest BCUT2D eigenvalue weighted by Crippen LogP contribution is -2.50. The lowest BCUT2D eigenvalue weighted by molar-refractivity contribution is 0.330. The van der Waals surface area contributed by atoms with Gasteiger partial charge in [0.15, 0.2) is 0 Å². The Morgan fingerprint density at radius 3 is 2.13 bits per heavy atom. The quantitative estimate of drug-likeness (QED) is 0.695. The van der Waals surface area contributed by atoms with Gasteiger partial charge in [-0.1, -0.05) is 38.1 Å². The van der Waals surface area contributed by atoms with E-state index < -0.39 is 8.32 Å². The molecule has 1 aromatic carbocycles. The fourth-order valence-electron chi connectivity index (χ4n) is 2.27. The second kappa shape index (κ2) is 5.47. The van der Waals surface area contributed by atoms with Gasteiger partial charge in [0.1, 0.15) is 0 Å². The van der Waals surface area contributed by atoms with Crippen molar-refractivity contribution in [3.05, 3.63) is 29.8 Å². The van der Waals surface area contributed by atoms with Crippen LogP contribution in [0.25, 0.3) is 0 Å². The maximum absolute atomic E-state index is 6.13. The first-order chi connectivity index (χ1) is 7.20. The van der Waals surface area contributed by atoms with Crippen LogP contribution >= 0.6 is 0 Å². The van der Waals surface area contributed by atoms with Gasteiger partial charge >= 0.3 is 0 Å². The van der Waals surface area contributed by atoms with E-state index in [2.05, 4.69) is 52.0 Å². The maximum Gasteiger partial charge on any atom is 0.223 e. The molecule has 0 aliphatic carbocycles. The van der Waals surface area contributed by atoms with Crippen LogP contribution in [0, 0.1) is 6.92 Å². The van der Waals surface area contributed by atoms with Crippen LogP contribution in [0.1, 0.15) is 26.3 Å².